The smallest absolute Gasteiger partial charge is 0.267 e. The number of hydrogen-bond acceptors (Lipinski definition) is 4. The van der Waals surface area contributed by atoms with Gasteiger partial charge in [0.2, 0.25) is 0 Å². The minimum Gasteiger partial charge on any atom is -0.398 e. The Bertz CT molecular complexity index is 586. The van der Waals surface area contributed by atoms with Crippen molar-refractivity contribution >= 4 is 28.9 Å². The number of carbonyl (C=O) groups is 1. The van der Waals surface area contributed by atoms with E-state index in [0.717, 1.165) is 25.9 Å². The molecule has 0 aliphatic heterocycles. The van der Waals surface area contributed by atoms with Crippen molar-refractivity contribution in [3.05, 3.63) is 35.0 Å². The fourth-order valence-corrected chi connectivity index (χ4v) is 2.12. The number of nitriles is 1. The molecule has 0 bridgehead atoms. The molecule has 1 aromatic rings. The highest BCUT2D eigenvalue weighted by molar-refractivity contribution is 6.33. The van der Waals surface area contributed by atoms with Gasteiger partial charge in [0.15, 0.2) is 0 Å². The first-order valence-corrected chi connectivity index (χ1v) is 7.61. The zero-order valence-electron chi connectivity index (χ0n) is 12.9. The maximum Gasteiger partial charge on any atom is 0.267 e. The number of halogens is 1. The third-order valence-corrected chi connectivity index (χ3v) is 3.28. The van der Waals surface area contributed by atoms with Crippen molar-refractivity contribution in [2.45, 2.75) is 26.7 Å². The molecular weight excluding hydrogens is 300 g/mol. The third kappa shape index (κ3) is 5.30. The number of nitrogens with two attached hydrogens (primary N) is 1. The molecule has 1 aromatic carbocycles. The molecule has 1 rings (SSSR count). The predicted molar refractivity (Wildman–Crippen MR) is 90.3 cm³/mol. The van der Waals surface area contributed by atoms with E-state index in [4.69, 9.17) is 17.3 Å². The van der Waals surface area contributed by atoms with Gasteiger partial charge in [0.05, 0.1) is 10.7 Å². The lowest BCUT2D eigenvalue weighted by atomic mass is 10.2. The van der Waals surface area contributed by atoms with Gasteiger partial charge in [-0.15, -0.1) is 0 Å². The largest absolute Gasteiger partial charge is 0.398 e. The van der Waals surface area contributed by atoms with Crippen molar-refractivity contribution in [1.29, 1.82) is 5.26 Å². The Labute approximate surface area is 136 Å². The Kier molecular flexibility index (Phi) is 7.27. The lowest BCUT2D eigenvalue weighted by Crippen LogP contribution is -2.22. The average Bonchev–Trinajstić information content (AvgIpc) is 2.48. The quantitative estimate of drug-likeness (QED) is 0.458. The first kappa shape index (κ1) is 17.9. The van der Waals surface area contributed by atoms with Crippen LogP contribution in [-0.4, -0.2) is 23.9 Å². The zero-order chi connectivity index (χ0) is 16.5. The number of nitrogens with zero attached hydrogens (tertiary/aromatic N) is 2. The van der Waals surface area contributed by atoms with E-state index in [9.17, 15) is 10.1 Å². The van der Waals surface area contributed by atoms with Gasteiger partial charge in [0.25, 0.3) is 5.91 Å². The SMILES string of the molecule is CCCN(/C=C(/C#N)C(=O)Nc1ccc(N)c(Cl)c1)CCC. The third-order valence-electron chi connectivity index (χ3n) is 2.96. The number of nitrogens with one attached hydrogen (secondary N) is 1. The Hall–Kier alpha value is -2.19. The van der Waals surface area contributed by atoms with Crippen molar-refractivity contribution in [3.8, 4) is 6.07 Å². The molecule has 22 heavy (non-hydrogen) atoms. The van der Waals surface area contributed by atoms with Crippen molar-refractivity contribution in [1.82, 2.24) is 4.90 Å². The monoisotopic (exact) mass is 320 g/mol. The second-order valence-corrected chi connectivity index (χ2v) is 5.29. The molecule has 0 saturated carbocycles. The first-order valence-electron chi connectivity index (χ1n) is 7.24. The molecule has 0 aliphatic carbocycles. The van der Waals surface area contributed by atoms with E-state index < -0.39 is 5.91 Å². The van der Waals surface area contributed by atoms with E-state index in [0.29, 0.717) is 16.4 Å². The summed E-state index contributed by atoms with van der Waals surface area (Å²) in [6.45, 7) is 5.72. The van der Waals surface area contributed by atoms with E-state index in [2.05, 4.69) is 19.2 Å². The molecule has 0 heterocycles. The first-order chi connectivity index (χ1) is 10.5. The van der Waals surface area contributed by atoms with Gasteiger partial charge in [0.1, 0.15) is 11.6 Å². The topological polar surface area (TPSA) is 82.2 Å². The number of benzene rings is 1. The summed E-state index contributed by atoms with van der Waals surface area (Å²) in [5.74, 6) is -0.458. The average molecular weight is 321 g/mol. The van der Waals surface area contributed by atoms with Crippen molar-refractivity contribution < 1.29 is 4.79 Å². The van der Waals surface area contributed by atoms with Crippen LogP contribution in [0, 0.1) is 11.3 Å². The van der Waals surface area contributed by atoms with Crippen molar-refractivity contribution in [2.24, 2.45) is 0 Å². The lowest BCUT2D eigenvalue weighted by molar-refractivity contribution is -0.112. The van der Waals surface area contributed by atoms with Gasteiger partial charge in [0, 0.05) is 25.0 Å². The number of carbonyl (C=O) groups excluding carboxylic acids is 1. The second kappa shape index (κ2) is 8.96. The zero-order valence-corrected chi connectivity index (χ0v) is 13.7. The van der Waals surface area contributed by atoms with Gasteiger partial charge < -0.3 is 16.0 Å². The summed E-state index contributed by atoms with van der Waals surface area (Å²) < 4.78 is 0. The molecule has 6 heteroatoms. The maximum atomic E-state index is 12.2. The van der Waals surface area contributed by atoms with Crippen LogP contribution in [0.4, 0.5) is 11.4 Å². The molecule has 0 radical (unpaired) electrons. The Morgan fingerprint density at radius 3 is 2.55 bits per heavy atom. The fourth-order valence-electron chi connectivity index (χ4n) is 1.94. The summed E-state index contributed by atoms with van der Waals surface area (Å²) in [5, 5.41) is 12.2. The number of rotatable bonds is 7. The minimum atomic E-state index is -0.458. The van der Waals surface area contributed by atoms with Crippen LogP contribution in [0.1, 0.15) is 26.7 Å². The van der Waals surface area contributed by atoms with E-state index in [1.807, 2.05) is 11.0 Å². The highest BCUT2D eigenvalue weighted by Gasteiger charge is 2.12. The summed E-state index contributed by atoms with van der Waals surface area (Å²) in [6, 6.07) is 6.75. The standard InChI is InChI=1S/C16H21ClN4O/c1-3-7-21(8-4-2)11-12(10-18)16(22)20-13-5-6-15(19)14(17)9-13/h5-6,9,11H,3-4,7-8,19H2,1-2H3,(H,20,22)/b12-11-. The van der Waals surface area contributed by atoms with Gasteiger partial charge >= 0.3 is 0 Å². The van der Waals surface area contributed by atoms with E-state index in [1.54, 1.807) is 24.4 Å². The summed E-state index contributed by atoms with van der Waals surface area (Å²) in [6.07, 6.45) is 3.51. The van der Waals surface area contributed by atoms with E-state index in [1.165, 1.54) is 0 Å². The fraction of sp³-hybridized carbons (Fsp3) is 0.375. The number of hydrogen-bond donors (Lipinski definition) is 2. The summed E-state index contributed by atoms with van der Waals surface area (Å²) in [5.41, 5.74) is 6.63. The molecule has 0 fully saturated rings. The molecule has 1 amide bonds. The van der Waals surface area contributed by atoms with E-state index >= 15 is 0 Å². The van der Waals surface area contributed by atoms with Crippen molar-refractivity contribution in [3.63, 3.8) is 0 Å². The summed E-state index contributed by atoms with van der Waals surface area (Å²) in [7, 11) is 0. The highest BCUT2D eigenvalue weighted by atomic mass is 35.5. The van der Waals surface area contributed by atoms with Crippen LogP contribution in [0.25, 0.3) is 0 Å². The van der Waals surface area contributed by atoms with Gasteiger partial charge in [-0.25, -0.2) is 0 Å². The molecule has 5 nitrogen and oxygen atoms in total. The molecular formula is C16H21ClN4O. The van der Waals surface area contributed by atoms with Crippen LogP contribution in [0.5, 0.6) is 0 Å². The van der Waals surface area contributed by atoms with Gasteiger partial charge in [-0.05, 0) is 31.0 Å². The van der Waals surface area contributed by atoms with Crippen LogP contribution in [-0.2, 0) is 4.79 Å². The molecule has 0 unspecified atom stereocenters. The normalized spacial score (nSPS) is 10.9. The van der Waals surface area contributed by atoms with Crippen LogP contribution < -0.4 is 11.1 Å². The Balaban J connectivity index is 2.87. The van der Waals surface area contributed by atoms with Crippen LogP contribution >= 0.6 is 11.6 Å². The van der Waals surface area contributed by atoms with Gasteiger partial charge in [-0.2, -0.15) is 5.26 Å². The molecule has 118 valence electrons. The number of nitrogen functional groups attached to an aromatic ring is 1. The highest BCUT2D eigenvalue weighted by Crippen LogP contribution is 2.22. The molecule has 0 saturated heterocycles. The predicted octanol–water partition coefficient (Wildman–Crippen LogP) is 3.39. The van der Waals surface area contributed by atoms with Crippen LogP contribution in [0.2, 0.25) is 5.02 Å². The maximum absolute atomic E-state index is 12.2. The minimum absolute atomic E-state index is 0.0647. The van der Waals surface area contributed by atoms with Gasteiger partial charge in [-0.3, -0.25) is 4.79 Å². The lowest BCUT2D eigenvalue weighted by Gasteiger charge is -2.19. The second-order valence-electron chi connectivity index (χ2n) is 4.88. The number of amides is 1. The molecule has 0 atom stereocenters. The summed E-state index contributed by atoms with van der Waals surface area (Å²) in [4.78, 5) is 14.2. The molecule has 0 aromatic heterocycles. The molecule has 3 N–H and O–H groups in total. The number of anilines is 2. The molecule has 0 aliphatic rings. The Morgan fingerprint density at radius 2 is 2.05 bits per heavy atom. The molecule has 0 spiro atoms. The van der Waals surface area contributed by atoms with Crippen LogP contribution in [0.3, 0.4) is 0 Å². The van der Waals surface area contributed by atoms with E-state index in [-0.39, 0.29) is 5.57 Å². The van der Waals surface area contributed by atoms with Gasteiger partial charge in [-0.1, -0.05) is 25.4 Å². The summed E-state index contributed by atoms with van der Waals surface area (Å²) >= 11 is 5.91. The van der Waals surface area contributed by atoms with Crippen molar-refractivity contribution in [2.75, 3.05) is 24.1 Å². The van der Waals surface area contributed by atoms with Crippen LogP contribution in [0.15, 0.2) is 30.0 Å². The Morgan fingerprint density at radius 1 is 1.41 bits per heavy atom.